The summed E-state index contributed by atoms with van der Waals surface area (Å²) in [5, 5.41) is 14.1. The predicted molar refractivity (Wildman–Crippen MR) is 57.0 cm³/mol. The lowest BCUT2D eigenvalue weighted by molar-refractivity contribution is -0.137. The Morgan fingerprint density at radius 2 is 2.20 bits per heavy atom. The van der Waals surface area contributed by atoms with Gasteiger partial charge in [0.05, 0.1) is 18.5 Å². The maximum atomic E-state index is 10.4. The minimum Gasteiger partial charge on any atom is -0.481 e. The quantitative estimate of drug-likeness (QED) is 0.869. The minimum absolute atomic E-state index is 0.0215. The first-order valence-electron chi connectivity index (χ1n) is 4.51. The summed E-state index contributed by atoms with van der Waals surface area (Å²) >= 11 is 6.05. The van der Waals surface area contributed by atoms with E-state index in [0.717, 1.165) is 10.9 Å². The number of carboxylic acid groups (broad SMARTS) is 1. The molecule has 0 spiro atoms. The number of nitrogens with zero attached hydrogens (tertiary/aromatic N) is 2. The van der Waals surface area contributed by atoms with Gasteiger partial charge in [0.15, 0.2) is 0 Å². The van der Waals surface area contributed by atoms with Crippen molar-refractivity contribution in [3.05, 3.63) is 29.4 Å². The van der Waals surface area contributed by atoms with E-state index in [-0.39, 0.29) is 6.42 Å². The van der Waals surface area contributed by atoms with Crippen molar-refractivity contribution in [2.45, 2.75) is 13.0 Å². The number of aliphatic carboxylic acids is 1. The maximum Gasteiger partial charge on any atom is 0.305 e. The van der Waals surface area contributed by atoms with E-state index in [0.29, 0.717) is 11.7 Å². The van der Waals surface area contributed by atoms with Crippen LogP contribution in [0.1, 0.15) is 6.42 Å². The monoisotopic (exact) mass is 224 g/mol. The Kier molecular flexibility index (Phi) is 2.60. The Morgan fingerprint density at radius 3 is 2.87 bits per heavy atom. The van der Waals surface area contributed by atoms with Crippen molar-refractivity contribution >= 4 is 28.5 Å². The molecule has 2 aromatic rings. The van der Waals surface area contributed by atoms with Crippen LogP contribution in [0.2, 0.25) is 5.15 Å². The lowest BCUT2D eigenvalue weighted by atomic mass is 10.3. The molecule has 2 rings (SSSR count). The first-order valence-corrected chi connectivity index (χ1v) is 4.89. The van der Waals surface area contributed by atoms with E-state index in [4.69, 9.17) is 16.7 Å². The largest absolute Gasteiger partial charge is 0.481 e. The fourth-order valence-electron chi connectivity index (χ4n) is 1.40. The van der Waals surface area contributed by atoms with Crippen molar-refractivity contribution in [1.29, 1.82) is 0 Å². The summed E-state index contributed by atoms with van der Waals surface area (Å²) in [6, 6.07) is 7.45. The molecule has 4 nitrogen and oxygen atoms in total. The second-order valence-corrected chi connectivity index (χ2v) is 3.53. The first-order chi connectivity index (χ1) is 7.18. The summed E-state index contributed by atoms with van der Waals surface area (Å²) in [4.78, 5) is 10.4. The van der Waals surface area contributed by atoms with E-state index in [1.165, 1.54) is 4.68 Å². The van der Waals surface area contributed by atoms with Gasteiger partial charge in [0, 0.05) is 5.39 Å². The number of hydrogen-bond acceptors (Lipinski definition) is 2. The van der Waals surface area contributed by atoms with Crippen LogP contribution in [0.3, 0.4) is 0 Å². The molecule has 1 heterocycles. The number of hydrogen-bond donors (Lipinski definition) is 1. The normalized spacial score (nSPS) is 10.7. The lowest BCUT2D eigenvalue weighted by Gasteiger charge is -1.98. The molecule has 0 aliphatic carbocycles. The van der Waals surface area contributed by atoms with Crippen molar-refractivity contribution in [1.82, 2.24) is 9.78 Å². The van der Waals surface area contributed by atoms with Gasteiger partial charge in [-0.25, -0.2) is 0 Å². The van der Waals surface area contributed by atoms with E-state index in [1.54, 1.807) is 0 Å². The number of carbonyl (C=O) groups is 1. The van der Waals surface area contributed by atoms with Crippen molar-refractivity contribution < 1.29 is 9.90 Å². The molecule has 0 saturated heterocycles. The van der Waals surface area contributed by atoms with Crippen LogP contribution in [-0.2, 0) is 11.3 Å². The van der Waals surface area contributed by atoms with E-state index in [1.807, 2.05) is 24.3 Å². The van der Waals surface area contributed by atoms with Gasteiger partial charge in [0.25, 0.3) is 0 Å². The Morgan fingerprint density at radius 1 is 1.47 bits per heavy atom. The van der Waals surface area contributed by atoms with Gasteiger partial charge < -0.3 is 5.11 Å². The van der Waals surface area contributed by atoms with Gasteiger partial charge in [-0.1, -0.05) is 23.7 Å². The van der Waals surface area contributed by atoms with Gasteiger partial charge in [0.1, 0.15) is 5.15 Å². The molecule has 0 saturated carbocycles. The zero-order chi connectivity index (χ0) is 10.8. The molecule has 15 heavy (non-hydrogen) atoms. The second kappa shape index (κ2) is 3.90. The van der Waals surface area contributed by atoms with Crippen molar-refractivity contribution in [3.8, 4) is 0 Å². The van der Waals surface area contributed by atoms with Crippen LogP contribution in [0.5, 0.6) is 0 Å². The first kappa shape index (κ1) is 9.98. The average Bonchev–Trinajstić information content (AvgIpc) is 2.54. The Bertz CT molecular complexity index is 507. The van der Waals surface area contributed by atoms with Crippen molar-refractivity contribution in [2.24, 2.45) is 0 Å². The molecule has 0 radical (unpaired) electrons. The predicted octanol–water partition coefficient (Wildman–Crippen LogP) is 2.16. The summed E-state index contributed by atoms with van der Waals surface area (Å²) in [5.41, 5.74) is 0.785. The topological polar surface area (TPSA) is 55.1 Å². The van der Waals surface area contributed by atoms with Gasteiger partial charge in [-0.2, -0.15) is 5.10 Å². The average molecular weight is 225 g/mol. The number of benzene rings is 1. The Balaban J connectivity index is 2.36. The van der Waals surface area contributed by atoms with Crippen molar-refractivity contribution in [2.75, 3.05) is 0 Å². The molecule has 5 heteroatoms. The van der Waals surface area contributed by atoms with Crippen molar-refractivity contribution in [3.63, 3.8) is 0 Å². The van der Waals surface area contributed by atoms with Gasteiger partial charge in [-0.05, 0) is 12.1 Å². The Hall–Kier alpha value is -1.55. The summed E-state index contributed by atoms with van der Waals surface area (Å²) in [6.07, 6.45) is 0.0215. The molecule has 1 N–H and O–H groups in total. The Labute approximate surface area is 91.1 Å². The van der Waals surface area contributed by atoms with Gasteiger partial charge in [0.2, 0.25) is 0 Å². The van der Waals surface area contributed by atoms with Gasteiger partial charge in [-0.15, -0.1) is 0 Å². The summed E-state index contributed by atoms with van der Waals surface area (Å²) in [6.45, 7) is 0.294. The number of rotatable bonds is 3. The molecule has 78 valence electrons. The highest BCUT2D eigenvalue weighted by molar-refractivity contribution is 6.34. The zero-order valence-corrected chi connectivity index (χ0v) is 8.61. The molecule has 0 atom stereocenters. The van der Waals surface area contributed by atoms with Crippen LogP contribution in [0.25, 0.3) is 10.9 Å². The molecule has 1 aromatic heterocycles. The smallest absolute Gasteiger partial charge is 0.305 e. The molecule has 0 aliphatic rings. The van der Waals surface area contributed by atoms with Crippen LogP contribution in [0.4, 0.5) is 0 Å². The van der Waals surface area contributed by atoms with Crippen LogP contribution >= 0.6 is 11.6 Å². The van der Waals surface area contributed by atoms with E-state index >= 15 is 0 Å². The number of halogens is 1. The van der Waals surface area contributed by atoms with E-state index in [9.17, 15) is 4.79 Å². The third-order valence-electron chi connectivity index (χ3n) is 2.12. The fourth-order valence-corrected chi connectivity index (χ4v) is 1.68. The molecular formula is C10H9ClN2O2. The number of fused-ring (bicyclic) bond motifs is 1. The number of aromatic nitrogens is 2. The minimum atomic E-state index is -0.856. The standard InChI is InChI=1S/C10H9ClN2O2/c11-10-7-3-1-2-4-8(7)12-13(10)6-5-9(14)15/h1-4H,5-6H2,(H,14,15). The summed E-state index contributed by atoms with van der Waals surface area (Å²) in [5.74, 6) is -0.856. The second-order valence-electron chi connectivity index (χ2n) is 3.17. The highest BCUT2D eigenvalue weighted by atomic mass is 35.5. The zero-order valence-electron chi connectivity index (χ0n) is 7.85. The molecule has 0 fully saturated rings. The van der Waals surface area contributed by atoms with Crippen LogP contribution in [0, 0.1) is 0 Å². The van der Waals surface area contributed by atoms with Gasteiger partial charge >= 0.3 is 5.97 Å². The maximum absolute atomic E-state index is 10.4. The molecule has 0 aliphatic heterocycles. The highest BCUT2D eigenvalue weighted by Gasteiger charge is 2.08. The SMILES string of the molecule is O=C(O)CCn1nc2ccccc2c1Cl. The lowest BCUT2D eigenvalue weighted by Crippen LogP contribution is -2.05. The highest BCUT2D eigenvalue weighted by Crippen LogP contribution is 2.22. The third-order valence-corrected chi connectivity index (χ3v) is 2.52. The molecule has 0 unspecified atom stereocenters. The molecule has 0 amide bonds. The van der Waals surface area contributed by atoms with E-state index < -0.39 is 5.97 Å². The van der Waals surface area contributed by atoms with Crippen LogP contribution < -0.4 is 0 Å². The van der Waals surface area contributed by atoms with Crippen LogP contribution in [-0.4, -0.2) is 20.9 Å². The summed E-state index contributed by atoms with van der Waals surface area (Å²) < 4.78 is 1.51. The van der Waals surface area contributed by atoms with E-state index in [2.05, 4.69) is 5.10 Å². The number of carboxylic acids is 1. The molecular weight excluding hydrogens is 216 g/mol. The van der Waals surface area contributed by atoms with Crippen LogP contribution in [0.15, 0.2) is 24.3 Å². The molecule has 0 bridgehead atoms. The third kappa shape index (κ3) is 1.94. The number of aryl methyl sites for hydroxylation is 1. The van der Waals surface area contributed by atoms with Gasteiger partial charge in [-0.3, -0.25) is 9.48 Å². The summed E-state index contributed by atoms with van der Waals surface area (Å²) in [7, 11) is 0. The molecule has 1 aromatic carbocycles. The fraction of sp³-hybridized carbons (Fsp3) is 0.200.